The van der Waals surface area contributed by atoms with Gasteiger partial charge in [-0.1, -0.05) is 68.2 Å². The molecule has 3 aromatic carbocycles. The van der Waals surface area contributed by atoms with Crippen LogP contribution >= 0.6 is 0 Å². The van der Waals surface area contributed by atoms with Gasteiger partial charge in [-0.15, -0.1) is 0 Å². The number of hydrogen-bond donors (Lipinski definition) is 0. The molecule has 32 heavy (non-hydrogen) atoms. The number of ether oxygens (including phenoxy) is 2. The molecule has 0 atom stereocenters. The molecule has 1 aliphatic heterocycles. The first-order valence-corrected chi connectivity index (χ1v) is 10.8. The van der Waals surface area contributed by atoms with Crippen LogP contribution in [0.2, 0.25) is 0 Å². The molecule has 0 bridgehead atoms. The van der Waals surface area contributed by atoms with Crippen LogP contribution in [0.15, 0.2) is 54.6 Å². The smallest absolute Gasteiger partial charge is 0.166 e. The molecule has 0 aromatic heterocycles. The first-order chi connectivity index (χ1) is 15.5. The lowest BCUT2D eigenvalue weighted by molar-refractivity contribution is -0.189. The van der Waals surface area contributed by atoms with E-state index in [2.05, 4.69) is 6.92 Å². The van der Waals surface area contributed by atoms with E-state index in [1.165, 1.54) is 18.2 Å². The van der Waals surface area contributed by atoms with Gasteiger partial charge in [0.05, 0.1) is 21.1 Å². The third-order valence-corrected chi connectivity index (χ3v) is 5.84. The van der Waals surface area contributed by atoms with E-state index in [1.807, 2.05) is 6.07 Å². The molecule has 6 heteroatoms. The zero-order valence-corrected chi connectivity index (χ0v) is 17.9. The van der Waals surface area contributed by atoms with Crippen molar-refractivity contribution in [3.63, 3.8) is 0 Å². The van der Waals surface area contributed by atoms with Crippen molar-refractivity contribution in [1.29, 1.82) is 0 Å². The molecule has 2 nitrogen and oxygen atoms in total. The van der Waals surface area contributed by atoms with Gasteiger partial charge >= 0.3 is 0 Å². The summed E-state index contributed by atoms with van der Waals surface area (Å²) in [5.41, 5.74) is 2.68. The summed E-state index contributed by atoms with van der Waals surface area (Å²) >= 11 is 0. The third kappa shape index (κ3) is 4.62. The summed E-state index contributed by atoms with van der Waals surface area (Å²) in [6, 6.07) is 14.8. The third-order valence-electron chi connectivity index (χ3n) is 5.84. The highest BCUT2D eigenvalue weighted by Crippen LogP contribution is 2.32. The first-order valence-electron chi connectivity index (χ1n) is 10.8. The van der Waals surface area contributed by atoms with Gasteiger partial charge in [-0.2, -0.15) is 0 Å². The van der Waals surface area contributed by atoms with Crippen molar-refractivity contribution in [2.75, 3.05) is 13.2 Å². The van der Waals surface area contributed by atoms with Crippen LogP contribution in [0.1, 0.15) is 36.8 Å². The van der Waals surface area contributed by atoms with E-state index in [0.29, 0.717) is 29.9 Å². The lowest BCUT2D eigenvalue weighted by Gasteiger charge is -2.29. The highest BCUT2D eigenvalue weighted by Gasteiger charge is 2.24. The molecule has 0 unspecified atom stereocenters. The normalized spacial score (nSPS) is 18.6. The fraction of sp³-hybridized carbons (Fsp3) is 0.308. The lowest BCUT2D eigenvalue weighted by atomic mass is 9.93. The number of halogens is 3. The molecule has 0 aliphatic carbocycles. The summed E-state index contributed by atoms with van der Waals surface area (Å²) in [5, 5.41) is 0. The minimum absolute atomic E-state index is 0.0107. The summed E-state index contributed by atoms with van der Waals surface area (Å²) in [6.45, 7) is 3.08. The van der Waals surface area contributed by atoms with Gasteiger partial charge in [0.15, 0.2) is 17.9 Å². The topological polar surface area (TPSA) is 18.5 Å². The highest BCUT2D eigenvalue weighted by molar-refractivity contribution is 6.08. The Hall–Kier alpha value is -2.57. The van der Waals surface area contributed by atoms with E-state index in [0.717, 1.165) is 18.4 Å². The van der Waals surface area contributed by atoms with Gasteiger partial charge in [0.2, 0.25) is 0 Å². The van der Waals surface area contributed by atoms with E-state index < -0.39 is 11.6 Å². The molecular weight excluding hydrogens is 412 g/mol. The van der Waals surface area contributed by atoms with Gasteiger partial charge in [0, 0.05) is 17.0 Å². The van der Waals surface area contributed by atoms with Gasteiger partial charge in [-0.3, -0.25) is 0 Å². The molecule has 0 N–H and O–H groups in total. The Labute approximate surface area is 187 Å². The van der Waals surface area contributed by atoms with Crippen molar-refractivity contribution >= 4 is 7.85 Å². The van der Waals surface area contributed by atoms with Crippen LogP contribution in [-0.4, -0.2) is 27.4 Å². The molecule has 1 saturated heterocycles. The Morgan fingerprint density at radius 1 is 0.844 bits per heavy atom. The molecule has 3 aromatic rings. The molecule has 0 amide bonds. The molecule has 164 valence electrons. The van der Waals surface area contributed by atoms with Crippen molar-refractivity contribution < 1.29 is 22.6 Å². The van der Waals surface area contributed by atoms with Crippen LogP contribution in [0.5, 0.6) is 0 Å². The minimum atomic E-state index is -0.938. The summed E-state index contributed by atoms with van der Waals surface area (Å²) in [6.07, 6.45) is 1.58. The Bertz CT molecular complexity index is 1080. The number of rotatable bonds is 6. The quantitative estimate of drug-likeness (QED) is 0.419. The van der Waals surface area contributed by atoms with Gasteiger partial charge in [0.1, 0.15) is 5.82 Å². The highest BCUT2D eigenvalue weighted by atomic mass is 19.2. The predicted molar refractivity (Wildman–Crippen MR) is 120 cm³/mol. The second kappa shape index (κ2) is 9.93. The first kappa shape index (κ1) is 22.6. The van der Waals surface area contributed by atoms with E-state index in [-0.39, 0.29) is 35.5 Å². The number of benzene rings is 3. The monoisotopic (exact) mass is 436 g/mol. The molecule has 0 spiro atoms. The summed E-state index contributed by atoms with van der Waals surface area (Å²) in [4.78, 5) is 0. The van der Waals surface area contributed by atoms with Crippen LogP contribution in [0, 0.1) is 17.5 Å². The van der Waals surface area contributed by atoms with Crippen molar-refractivity contribution in [3.05, 3.63) is 83.2 Å². The van der Waals surface area contributed by atoms with E-state index in [4.69, 9.17) is 17.3 Å². The van der Waals surface area contributed by atoms with Crippen LogP contribution < -0.4 is 0 Å². The molecular formula is C26H24BF3O2. The molecule has 0 saturated carbocycles. The van der Waals surface area contributed by atoms with Gasteiger partial charge in [-0.05, 0) is 34.7 Å². The van der Waals surface area contributed by atoms with Crippen LogP contribution in [0.25, 0.3) is 22.3 Å². The second-order valence-electron chi connectivity index (χ2n) is 8.00. The summed E-state index contributed by atoms with van der Waals surface area (Å²) < 4.78 is 54.8. The van der Waals surface area contributed by atoms with E-state index in [1.54, 1.807) is 30.3 Å². The molecule has 4 rings (SSSR count). The summed E-state index contributed by atoms with van der Waals surface area (Å²) in [5.74, 6) is -2.24. The Morgan fingerprint density at radius 3 is 2.06 bits per heavy atom. The molecule has 1 aliphatic rings. The minimum Gasteiger partial charge on any atom is -0.352 e. The average molecular weight is 436 g/mol. The van der Waals surface area contributed by atoms with E-state index in [9.17, 15) is 13.2 Å². The van der Waals surface area contributed by atoms with Crippen molar-refractivity contribution in [1.82, 2.24) is 0 Å². The maximum atomic E-state index is 14.9. The van der Waals surface area contributed by atoms with E-state index >= 15 is 0 Å². The van der Waals surface area contributed by atoms with Gasteiger partial charge < -0.3 is 9.47 Å². The maximum Gasteiger partial charge on any atom is 0.166 e. The fourth-order valence-corrected chi connectivity index (χ4v) is 3.96. The lowest BCUT2D eigenvalue weighted by Crippen LogP contribution is -2.30. The van der Waals surface area contributed by atoms with Crippen molar-refractivity contribution in [2.24, 2.45) is 0 Å². The SMILES string of the molecule is [B]Cc1ccc(-c2ccc(-c3ccc(C4COC(CCC)OC4)cc3F)cc2)c(F)c1F. The van der Waals surface area contributed by atoms with Crippen LogP contribution in [0.4, 0.5) is 13.2 Å². The van der Waals surface area contributed by atoms with Gasteiger partial charge in [0.25, 0.3) is 0 Å². The Kier molecular flexibility index (Phi) is 7.02. The fourth-order valence-electron chi connectivity index (χ4n) is 3.96. The molecule has 1 heterocycles. The predicted octanol–water partition coefficient (Wildman–Crippen LogP) is 6.36. The van der Waals surface area contributed by atoms with Crippen molar-refractivity contribution in [3.8, 4) is 22.3 Å². The van der Waals surface area contributed by atoms with Gasteiger partial charge in [-0.25, -0.2) is 13.2 Å². The zero-order valence-electron chi connectivity index (χ0n) is 17.9. The largest absolute Gasteiger partial charge is 0.352 e. The Balaban J connectivity index is 1.52. The number of hydrogen-bond acceptors (Lipinski definition) is 2. The summed E-state index contributed by atoms with van der Waals surface area (Å²) in [7, 11) is 5.43. The van der Waals surface area contributed by atoms with Crippen molar-refractivity contribution in [2.45, 2.75) is 38.3 Å². The Morgan fingerprint density at radius 2 is 1.47 bits per heavy atom. The second-order valence-corrected chi connectivity index (χ2v) is 8.00. The molecule has 2 radical (unpaired) electrons. The van der Waals surface area contributed by atoms with Crippen LogP contribution in [0.3, 0.4) is 0 Å². The average Bonchev–Trinajstić information content (AvgIpc) is 2.82. The van der Waals surface area contributed by atoms with Crippen LogP contribution in [-0.2, 0) is 15.8 Å². The maximum absolute atomic E-state index is 14.9. The standard InChI is InChI=1S/C26H24BF3O2/c1-2-3-24-31-14-20(15-32-24)18-8-10-21(23(28)12-18)16-4-6-17(7-5-16)22-11-9-19(13-27)25(29)26(22)30/h4-12,20,24H,2-3,13-15H2,1H3. The zero-order chi connectivity index (χ0) is 22.7. The molecule has 1 fully saturated rings.